The lowest BCUT2D eigenvalue weighted by Crippen LogP contribution is -2.57. The molecule has 27 heavy (non-hydrogen) atoms. The molecule has 1 heterocycles. The molecular weight excluding hydrogens is 356 g/mol. The van der Waals surface area contributed by atoms with Crippen molar-refractivity contribution in [2.24, 2.45) is 10.1 Å². The van der Waals surface area contributed by atoms with Gasteiger partial charge in [-0.1, -0.05) is 0 Å². The molecule has 3 N–H and O–H groups in total. The molecule has 0 spiro atoms. The van der Waals surface area contributed by atoms with Gasteiger partial charge in [0.05, 0.1) is 39.3 Å². The van der Waals surface area contributed by atoms with Crippen LogP contribution in [0.3, 0.4) is 0 Å². The average Bonchev–Trinajstić information content (AvgIpc) is 2.67. The first kappa shape index (κ1) is 20.0. The van der Waals surface area contributed by atoms with Crippen LogP contribution < -0.4 is 30.6 Å². The first-order chi connectivity index (χ1) is 12.9. The summed E-state index contributed by atoms with van der Waals surface area (Å²) in [5.41, 5.74) is 8.81. The molecule has 0 unspecified atom stereocenters. The Balaban J connectivity index is 2.11. The van der Waals surface area contributed by atoms with Crippen molar-refractivity contribution in [2.45, 2.75) is 13.8 Å². The Morgan fingerprint density at radius 1 is 1.22 bits per heavy atom. The number of nitrogens with one attached hydrogen (secondary N) is 3. The fraction of sp³-hybridized carbons (Fsp3) is 0.375. The van der Waals surface area contributed by atoms with Gasteiger partial charge in [0.1, 0.15) is 0 Å². The Morgan fingerprint density at radius 3 is 2.41 bits per heavy atom. The summed E-state index contributed by atoms with van der Waals surface area (Å²) in [5, 5.41) is 4.94. The monoisotopic (exact) mass is 378 g/mol. The molecule has 1 aliphatic heterocycles. The summed E-state index contributed by atoms with van der Waals surface area (Å²) in [6, 6.07) is 2.18. The molecular formula is C16H22N6O5. The van der Waals surface area contributed by atoms with E-state index in [4.69, 9.17) is 14.2 Å². The maximum absolute atomic E-state index is 12.1. The normalized spacial score (nSPS) is 14.3. The SMILES string of the molecule is COc1cc(/C(C)=N/C(=O)NNN2CC(C)=NNC2=O)cc(OC)c1OC. The second-order valence-corrected chi connectivity index (χ2v) is 5.50. The molecule has 0 aromatic heterocycles. The Hall–Kier alpha value is -3.34. The van der Waals surface area contributed by atoms with E-state index in [9.17, 15) is 9.59 Å². The molecule has 1 aromatic carbocycles. The van der Waals surface area contributed by atoms with Crippen LogP contribution in [-0.2, 0) is 0 Å². The van der Waals surface area contributed by atoms with Crippen molar-refractivity contribution < 1.29 is 23.8 Å². The number of urea groups is 2. The number of rotatable bonds is 6. The molecule has 2 rings (SSSR count). The van der Waals surface area contributed by atoms with E-state index >= 15 is 0 Å². The summed E-state index contributed by atoms with van der Waals surface area (Å²) in [5.74, 6) is 1.33. The largest absolute Gasteiger partial charge is 0.493 e. The van der Waals surface area contributed by atoms with E-state index in [0.29, 0.717) is 34.2 Å². The minimum atomic E-state index is -0.686. The molecule has 0 radical (unpaired) electrons. The topological polar surface area (TPSA) is 126 Å². The number of nitrogens with zero attached hydrogens (tertiary/aromatic N) is 3. The first-order valence-corrected chi connectivity index (χ1v) is 7.91. The molecule has 11 heteroatoms. The summed E-state index contributed by atoms with van der Waals surface area (Å²) in [4.78, 5) is 27.6. The maximum atomic E-state index is 12.1. The predicted molar refractivity (Wildman–Crippen MR) is 98.3 cm³/mol. The molecule has 1 aromatic rings. The fourth-order valence-electron chi connectivity index (χ4n) is 2.28. The minimum Gasteiger partial charge on any atom is -0.493 e. The van der Waals surface area contributed by atoms with Crippen LogP contribution in [0.1, 0.15) is 19.4 Å². The van der Waals surface area contributed by atoms with Crippen LogP contribution in [0.4, 0.5) is 9.59 Å². The van der Waals surface area contributed by atoms with Crippen LogP contribution in [0, 0.1) is 0 Å². The van der Waals surface area contributed by atoms with Crippen molar-refractivity contribution in [1.82, 2.24) is 21.4 Å². The molecule has 0 saturated carbocycles. The number of methoxy groups -OCH3 is 3. The number of hydrazine groups is 2. The Morgan fingerprint density at radius 2 is 1.85 bits per heavy atom. The molecule has 146 valence electrons. The lowest BCUT2D eigenvalue weighted by molar-refractivity contribution is 0.163. The van der Waals surface area contributed by atoms with Gasteiger partial charge in [0.15, 0.2) is 11.5 Å². The maximum Gasteiger partial charge on any atom is 0.356 e. The molecule has 0 fully saturated rings. The second kappa shape index (κ2) is 8.85. The Bertz CT molecular complexity index is 767. The van der Waals surface area contributed by atoms with Crippen molar-refractivity contribution in [1.29, 1.82) is 0 Å². The lowest BCUT2D eigenvalue weighted by Gasteiger charge is -2.25. The van der Waals surface area contributed by atoms with E-state index in [1.165, 1.54) is 21.3 Å². The van der Waals surface area contributed by atoms with Gasteiger partial charge in [-0.3, -0.25) is 5.43 Å². The summed E-state index contributed by atoms with van der Waals surface area (Å²) in [6.07, 6.45) is 0. The van der Waals surface area contributed by atoms with Crippen molar-refractivity contribution >= 4 is 23.5 Å². The molecule has 0 atom stereocenters. The van der Waals surface area contributed by atoms with Gasteiger partial charge in [-0.2, -0.15) is 10.1 Å². The van der Waals surface area contributed by atoms with Crippen molar-refractivity contribution in [3.63, 3.8) is 0 Å². The zero-order valence-corrected chi connectivity index (χ0v) is 15.7. The highest BCUT2D eigenvalue weighted by Gasteiger charge is 2.19. The van der Waals surface area contributed by atoms with E-state index in [-0.39, 0.29) is 6.54 Å². The van der Waals surface area contributed by atoms with Gasteiger partial charge in [0, 0.05) is 5.56 Å². The zero-order valence-electron chi connectivity index (χ0n) is 15.7. The lowest BCUT2D eigenvalue weighted by atomic mass is 10.1. The summed E-state index contributed by atoms with van der Waals surface area (Å²) >= 11 is 0. The molecule has 0 aliphatic carbocycles. The highest BCUT2D eigenvalue weighted by Crippen LogP contribution is 2.38. The van der Waals surface area contributed by atoms with Gasteiger partial charge < -0.3 is 14.2 Å². The summed E-state index contributed by atoms with van der Waals surface area (Å²) in [6.45, 7) is 3.62. The number of aliphatic imine (C=N–C) groups is 1. The van der Waals surface area contributed by atoms with E-state index in [1.807, 2.05) is 0 Å². The smallest absolute Gasteiger partial charge is 0.356 e. The third-order valence-corrected chi connectivity index (χ3v) is 3.62. The van der Waals surface area contributed by atoms with Gasteiger partial charge in [0.2, 0.25) is 5.75 Å². The molecule has 0 saturated heterocycles. The molecule has 1 aliphatic rings. The fourth-order valence-corrected chi connectivity index (χ4v) is 2.28. The number of benzene rings is 1. The third-order valence-electron chi connectivity index (χ3n) is 3.62. The Kier molecular flexibility index (Phi) is 6.55. The summed E-state index contributed by atoms with van der Waals surface area (Å²) in [7, 11) is 4.50. The average molecular weight is 378 g/mol. The number of ether oxygens (including phenoxy) is 3. The Labute approximate surface area is 156 Å². The van der Waals surface area contributed by atoms with Crippen molar-refractivity contribution in [3.05, 3.63) is 17.7 Å². The van der Waals surface area contributed by atoms with E-state index < -0.39 is 12.1 Å². The van der Waals surface area contributed by atoms with Crippen molar-refractivity contribution in [2.75, 3.05) is 27.9 Å². The first-order valence-electron chi connectivity index (χ1n) is 7.91. The van der Waals surface area contributed by atoms with Crippen LogP contribution in [-0.4, -0.2) is 56.4 Å². The third kappa shape index (κ3) is 4.85. The number of amides is 4. The number of carbonyl (C=O) groups excluding carboxylic acids is 2. The zero-order chi connectivity index (χ0) is 20.0. The van der Waals surface area contributed by atoms with Gasteiger partial charge in [-0.15, -0.1) is 5.53 Å². The van der Waals surface area contributed by atoms with Crippen LogP contribution in [0.5, 0.6) is 17.2 Å². The quantitative estimate of drug-likeness (QED) is 0.502. The van der Waals surface area contributed by atoms with Gasteiger partial charge in [0.25, 0.3) is 0 Å². The number of carbonyl (C=O) groups is 2. The molecule has 4 amide bonds. The van der Waals surface area contributed by atoms with Crippen LogP contribution in [0.15, 0.2) is 22.2 Å². The molecule has 0 bridgehead atoms. The highest BCUT2D eigenvalue weighted by atomic mass is 16.5. The standard InChI is InChI=1S/C16H22N6O5/c1-9-8-22(16(24)20-18-9)21-19-15(23)17-10(2)11-6-12(25-3)14(27-5)13(7-11)26-4/h6-7,21H,8H2,1-5H3,(H,19,23)(H,20,24)/b17-10+. The predicted octanol–water partition coefficient (Wildman–Crippen LogP) is 1.05. The van der Waals surface area contributed by atoms with E-state index in [0.717, 1.165) is 5.01 Å². The van der Waals surface area contributed by atoms with Gasteiger partial charge >= 0.3 is 12.1 Å². The number of hydrogen-bond acceptors (Lipinski definition) is 7. The number of hydrazone groups is 1. The second-order valence-electron chi connectivity index (χ2n) is 5.50. The minimum absolute atomic E-state index is 0.224. The van der Waals surface area contributed by atoms with Gasteiger partial charge in [-0.05, 0) is 26.0 Å². The number of hydrogen-bond donors (Lipinski definition) is 3. The van der Waals surface area contributed by atoms with Crippen LogP contribution in [0.2, 0.25) is 0 Å². The van der Waals surface area contributed by atoms with E-state index in [1.54, 1.807) is 26.0 Å². The van der Waals surface area contributed by atoms with Crippen LogP contribution in [0.25, 0.3) is 0 Å². The highest BCUT2D eigenvalue weighted by molar-refractivity contribution is 6.05. The van der Waals surface area contributed by atoms with Crippen molar-refractivity contribution in [3.8, 4) is 17.2 Å². The van der Waals surface area contributed by atoms with Gasteiger partial charge in [-0.25, -0.2) is 20.0 Å². The van der Waals surface area contributed by atoms with Crippen LogP contribution >= 0.6 is 0 Å². The molecule has 11 nitrogen and oxygen atoms in total. The van der Waals surface area contributed by atoms with E-state index in [2.05, 4.69) is 26.5 Å². The summed E-state index contributed by atoms with van der Waals surface area (Å²) < 4.78 is 15.8.